The summed E-state index contributed by atoms with van der Waals surface area (Å²) >= 11 is 0. The maximum absolute atomic E-state index is 12.6. The van der Waals surface area contributed by atoms with Gasteiger partial charge in [-0.15, -0.1) is 0 Å². The van der Waals surface area contributed by atoms with Crippen molar-refractivity contribution in [1.29, 1.82) is 0 Å². The normalized spacial score (nSPS) is 11.3. The summed E-state index contributed by atoms with van der Waals surface area (Å²) in [4.78, 5) is 41.1. The Morgan fingerprint density at radius 1 is 1.07 bits per heavy atom. The lowest BCUT2D eigenvalue weighted by atomic mass is 10.1. The van der Waals surface area contributed by atoms with E-state index in [-0.39, 0.29) is 18.7 Å². The molecule has 0 bridgehead atoms. The number of H-pyrrole nitrogens is 1. The number of para-hydroxylation sites is 1. The van der Waals surface area contributed by atoms with Crippen molar-refractivity contribution in [2.45, 2.75) is 12.7 Å². The second-order valence-corrected chi connectivity index (χ2v) is 6.70. The summed E-state index contributed by atoms with van der Waals surface area (Å²) < 4.78 is 37.8. The van der Waals surface area contributed by atoms with Gasteiger partial charge in [0.25, 0.3) is 5.91 Å². The van der Waals surface area contributed by atoms with E-state index < -0.39 is 29.0 Å². The van der Waals surface area contributed by atoms with Crippen molar-refractivity contribution in [3.8, 4) is 0 Å². The molecule has 30 heavy (non-hydrogen) atoms. The molecule has 2 amide bonds. The molecule has 0 aliphatic heterocycles. The number of carbonyl (C=O) groups excluding carboxylic acids is 2. The van der Waals surface area contributed by atoms with Crippen LogP contribution in [0.2, 0.25) is 0 Å². The number of pyridine rings is 1. The lowest BCUT2D eigenvalue weighted by Gasteiger charge is -2.18. The maximum atomic E-state index is 12.6. The van der Waals surface area contributed by atoms with Crippen LogP contribution >= 0.6 is 0 Å². The number of likely N-dealkylation sites (N-methyl/N-ethyl adjacent to an activating group) is 1. The van der Waals surface area contributed by atoms with Gasteiger partial charge in [-0.2, -0.15) is 13.2 Å². The maximum Gasteiger partial charge on any atom is 0.416 e. The standard InChI is InChI=1S/C21H18F3N3O3/c1-27(12-13-6-8-14(9-7-13)21(22,23)24)18(28)11-26-20(30)16-10-25-17-5-3-2-4-15(17)19(16)29/h2-10H,11-12H2,1H3,(H,25,29)(H,26,30). The highest BCUT2D eigenvalue weighted by molar-refractivity contribution is 5.98. The summed E-state index contributed by atoms with van der Waals surface area (Å²) in [5, 5.41) is 2.76. The summed E-state index contributed by atoms with van der Waals surface area (Å²) in [6.07, 6.45) is -3.14. The minimum atomic E-state index is -4.43. The lowest BCUT2D eigenvalue weighted by molar-refractivity contribution is -0.137. The smallest absolute Gasteiger partial charge is 0.360 e. The molecule has 0 spiro atoms. The zero-order valence-corrected chi connectivity index (χ0v) is 15.9. The van der Waals surface area contributed by atoms with Gasteiger partial charge < -0.3 is 15.2 Å². The lowest BCUT2D eigenvalue weighted by Crippen LogP contribution is -2.39. The molecule has 3 aromatic rings. The Labute approximate surface area is 169 Å². The van der Waals surface area contributed by atoms with Crippen LogP contribution in [0.25, 0.3) is 10.9 Å². The molecule has 0 aliphatic carbocycles. The van der Waals surface area contributed by atoms with Crippen molar-refractivity contribution in [2.24, 2.45) is 0 Å². The average molecular weight is 417 g/mol. The van der Waals surface area contributed by atoms with Crippen LogP contribution in [0.1, 0.15) is 21.5 Å². The Kier molecular flexibility index (Phi) is 5.91. The number of amides is 2. The largest absolute Gasteiger partial charge is 0.416 e. The van der Waals surface area contributed by atoms with Crippen molar-refractivity contribution in [2.75, 3.05) is 13.6 Å². The number of rotatable bonds is 5. The monoisotopic (exact) mass is 417 g/mol. The molecular formula is C21H18F3N3O3. The summed E-state index contributed by atoms with van der Waals surface area (Å²) in [7, 11) is 1.47. The first kappa shape index (κ1) is 21.1. The fourth-order valence-electron chi connectivity index (χ4n) is 2.88. The van der Waals surface area contributed by atoms with Gasteiger partial charge >= 0.3 is 6.18 Å². The van der Waals surface area contributed by atoms with Gasteiger partial charge in [-0.25, -0.2) is 0 Å². The first-order chi connectivity index (χ1) is 14.2. The fraction of sp³-hybridized carbons (Fsp3) is 0.190. The Bertz CT molecular complexity index is 1140. The first-order valence-corrected chi connectivity index (χ1v) is 8.95. The highest BCUT2D eigenvalue weighted by atomic mass is 19.4. The summed E-state index contributed by atoms with van der Waals surface area (Å²) in [5.41, 5.74) is -0.241. The van der Waals surface area contributed by atoms with Crippen molar-refractivity contribution in [3.05, 3.63) is 81.6 Å². The van der Waals surface area contributed by atoms with E-state index in [0.717, 1.165) is 12.1 Å². The van der Waals surface area contributed by atoms with E-state index in [0.29, 0.717) is 16.5 Å². The van der Waals surface area contributed by atoms with E-state index in [1.165, 1.54) is 30.3 Å². The van der Waals surface area contributed by atoms with Gasteiger partial charge in [0.2, 0.25) is 11.3 Å². The van der Waals surface area contributed by atoms with Crippen LogP contribution in [0.3, 0.4) is 0 Å². The number of aromatic nitrogens is 1. The first-order valence-electron chi connectivity index (χ1n) is 8.95. The Balaban J connectivity index is 1.60. The van der Waals surface area contributed by atoms with Crippen LogP contribution in [-0.4, -0.2) is 35.3 Å². The third-order valence-electron chi connectivity index (χ3n) is 4.56. The predicted molar refractivity (Wildman–Crippen MR) is 105 cm³/mol. The zero-order chi connectivity index (χ0) is 21.9. The van der Waals surface area contributed by atoms with E-state index in [1.807, 2.05) is 0 Å². The highest BCUT2D eigenvalue weighted by Gasteiger charge is 2.30. The van der Waals surface area contributed by atoms with Gasteiger partial charge in [-0.05, 0) is 29.8 Å². The summed E-state index contributed by atoms with van der Waals surface area (Å²) in [6, 6.07) is 11.2. The van der Waals surface area contributed by atoms with Crippen LogP contribution < -0.4 is 10.7 Å². The number of nitrogens with one attached hydrogen (secondary N) is 2. The molecule has 0 radical (unpaired) electrons. The molecule has 9 heteroatoms. The third kappa shape index (κ3) is 4.68. The van der Waals surface area contributed by atoms with E-state index in [2.05, 4.69) is 10.3 Å². The SMILES string of the molecule is CN(Cc1ccc(C(F)(F)F)cc1)C(=O)CNC(=O)c1c[nH]c2ccccc2c1=O. The number of nitrogens with zero attached hydrogens (tertiary/aromatic N) is 1. The second-order valence-electron chi connectivity index (χ2n) is 6.70. The van der Waals surface area contributed by atoms with E-state index in [1.54, 1.807) is 24.3 Å². The van der Waals surface area contributed by atoms with Crippen LogP contribution in [0, 0.1) is 0 Å². The van der Waals surface area contributed by atoms with Gasteiger partial charge in [0.05, 0.1) is 12.1 Å². The van der Waals surface area contributed by atoms with E-state index >= 15 is 0 Å². The molecule has 3 rings (SSSR count). The molecule has 0 saturated heterocycles. The van der Waals surface area contributed by atoms with Gasteiger partial charge in [-0.1, -0.05) is 24.3 Å². The molecule has 0 atom stereocenters. The van der Waals surface area contributed by atoms with Crippen LogP contribution in [0.15, 0.2) is 59.5 Å². The molecule has 0 fully saturated rings. The van der Waals surface area contributed by atoms with Crippen LogP contribution in [0.4, 0.5) is 13.2 Å². The molecule has 0 aliphatic rings. The van der Waals surface area contributed by atoms with Gasteiger partial charge in [0.1, 0.15) is 5.56 Å². The quantitative estimate of drug-likeness (QED) is 0.670. The van der Waals surface area contributed by atoms with Gasteiger partial charge in [0, 0.05) is 30.7 Å². The number of hydrogen-bond acceptors (Lipinski definition) is 3. The number of fused-ring (bicyclic) bond motifs is 1. The minimum absolute atomic E-state index is 0.0728. The zero-order valence-electron chi connectivity index (χ0n) is 15.9. The number of aromatic amines is 1. The van der Waals surface area contributed by atoms with Crippen molar-refractivity contribution < 1.29 is 22.8 Å². The predicted octanol–water partition coefficient (Wildman–Crippen LogP) is 2.94. The number of carbonyl (C=O) groups is 2. The molecule has 2 N–H and O–H groups in total. The summed E-state index contributed by atoms with van der Waals surface area (Å²) in [6.45, 7) is -0.286. The molecular weight excluding hydrogens is 399 g/mol. The molecule has 1 aromatic heterocycles. The molecule has 0 saturated carbocycles. The average Bonchev–Trinajstić information content (AvgIpc) is 2.72. The van der Waals surface area contributed by atoms with E-state index in [4.69, 9.17) is 0 Å². The topological polar surface area (TPSA) is 82.3 Å². The third-order valence-corrected chi connectivity index (χ3v) is 4.56. The van der Waals surface area contributed by atoms with Gasteiger partial charge in [-0.3, -0.25) is 14.4 Å². The van der Waals surface area contributed by atoms with Crippen molar-refractivity contribution in [1.82, 2.24) is 15.2 Å². The Morgan fingerprint density at radius 2 is 1.73 bits per heavy atom. The highest BCUT2D eigenvalue weighted by Crippen LogP contribution is 2.29. The fourth-order valence-corrected chi connectivity index (χ4v) is 2.88. The number of alkyl halides is 3. The minimum Gasteiger partial charge on any atom is -0.360 e. The molecule has 156 valence electrons. The van der Waals surface area contributed by atoms with Gasteiger partial charge in [0.15, 0.2) is 0 Å². The molecule has 2 aromatic carbocycles. The summed E-state index contributed by atoms with van der Waals surface area (Å²) in [5.74, 6) is -1.15. The van der Waals surface area contributed by atoms with E-state index in [9.17, 15) is 27.6 Å². The Morgan fingerprint density at radius 3 is 2.40 bits per heavy atom. The molecule has 1 heterocycles. The molecule has 0 unspecified atom stereocenters. The van der Waals surface area contributed by atoms with Crippen molar-refractivity contribution in [3.63, 3.8) is 0 Å². The number of benzene rings is 2. The van der Waals surface area contributed by atoms with Crippen LogP contribution in [-0.2, 0) is 17.5 Å². The molecule has 6 nitrogen and oxygen atoms in total. The number of halogens is 3. The van der Waals surface area contributed by atoms with Crippen molar-refractivity contribution >= 4 is 22.7 Å². The Hall–Kier alpha value is -3.62. The van der Waals surface area contributed by atoms with Crippen LogP contribution in [0.5, 0.6) is 0 Å². The second kappa shape index (κ2) is 8.40. The number of hydrogen-bond donors (Lipinski definition) is 2.